The lowest BCUT2D eigenvalue weighted by molar-refractivity contribution is 0.0520. The lowest BCUT2D eigenvalue weighted by atomic mass is 10.1. The van der Waals surface area contributed by atoms with Gasteiger partial charge in [-0.15, -0.1) is 10.2 Å². The minimum atomic E-state index is -0.716. The van der Waals surface area contributed by atoms with Gasteiger partial charge in [-0.05, 0) is 38.5 Å². The van der Waals surface area contributed by atoms with Crippen molar-refractivity contribution in [1.29, 1.82) is 0 Å². The third kappa shape index (κ3) is 3.32. The zero-order valence-electron chi connectivity index (χ0n) is 16.6. The fourth-order valence-corrected chi connectivity index (χ4v) is 4.41. The summed E-state index contributed by atoms with van der Waals surface area (Å²) >= 11 is 1.20. The fourth-order valence-electron chi connectivity index (χ4n) is 3.53. The summed E-state index contributed by atoms with van der Waals surface area (Å²) < 4.78 is 14.5. The number of fused-ring (bicyclic) bond motifs is 1. The maximum absolute atomic E-state index is 13.1. The Balaban J connectivity index is 1.72. The molecule has 0 fully saturated rings. The highest BCUT2D eigenvalue weighted by Crippen LogP contribution is 2.30. The molecule has 0 atom stereocenters. The molecule has 2 N–H and O–H groups in total. The number of nitrogens with zero attached hydrogens (tertiary/aromatic N) is 4. The molecule has 1 amide bonds. The van der Waals surface area contributed by atoms with E-state index in [0.29, 0.717) is 23.0 Å². The molecule has 1 aliphatic heterocycles. The van der Waals surface area contributed by atoms with Crippen molar-refractivity contribution < 1.29 is 14.3 Å². The molecule has 0 saturated heterocycles. The minimum absolute atomic E-state index is 0.110. The van der Waals surface area contributed by atoms with Gasteiger partial charge in [-0.3, -0.25) is 14.3 Å². The Morgan fingerprint density at radius 1 is 1.20 bits per heavy atom. The summed E-state index contributed by atoms with van der Waals surface area (Å²) in [5.74, 6) is -1.38. The second-order valence-corrected chi connectivity index (χ2v) is 8.53. The summed E-state index contributed by atoms with van der Waals surface area (Å²) in [5.41, 5.74) is 2.63. The molecular formula is C20H20FN5O3S. The van der Waals surface area contributed by atoms with Gasteiger partial charge in [-0.2, -0.15) is 0 Å². The molecule has 3 aromatic rings. The van der Waals surface area contributed by atoms with Crippen molar-refractivity contribution in [1.82, 2.24) is 19.8 Å². The Morgan fingerprint density at radius 3 is 2.57 bits per heavy atom. The van der Waals surface area contributed by atoms with Crippen molar-refractivity contribution in [3.63, 3.8) is 0 Å². The Morgan fingerprint density at radius 2 is 1.90 bits per heavy atom. The molecule has 1 aliphatic rings. The molecule has 4 rings (SSSR count). The number of aromatic nitrogens is 3. The lowest BCUT2D eigenvalue weighted by Gasteiger charge is -2.44. The van der Waals surface area contributed by atoms with Crippen molar-refractivity contribution >= 4 is 17.2 Å². The number of nitrogens with one attached hydrogen (secondary N) is 1. The first kappa shape index (κ1) is 20.0. The average Bonchev–Trinajstić information content (AvgIpc) is 3.14. The number of rotatable bonds is 4. The standard InChI is InChI=1S/C20H20FN5O3S/c1-4-25-19(29)15-17(28)16(27)13(10-26(15)24-20(25,2)3)18-23-22-14(30-18)9-11-5-7-12(21)8-6-11/h5-8,10,24,28H,4,9H2,1-3H3. The van der Waals surface area contributed by atoms with Crippen molar-refractivity contribution in [3.05, 3.63) is 62.8 Å². The van der Waals surface area contributed by atoms with Gasteiger partial charge in [-0.25, -0.2) is 4.39 Å². The lowest BCUT2D eigenvalue weighted by Crippen LogP contribution is -2.60. The van der Waals surface area contributed by atoms with E-state index in [1.807, 2.05) is 20.8 Å². The van der Waals surface area contributed by atoms with Gasteiger partial charge < -0.3 is 15.4 Å². The third-order valence-electron chi connectivity index (χ3n) is 4.98. The molecule has 8 nitrogen and oxygen atoms in total. The van der Waals surface area contributed by atoms with Crippen LogP contribution in [0.5, 0.6) is 5.75 Å². The van der Waals surface area contributed by atoms with E-state index in [4.69, 9.17) is 0 Å². The molecule has 0 spiro atoms. The van der Waals surface area contributed by atoms with E-state index in [-0.39, 0.29) is 17.1 Å². The van der Waals surface area contributed by atoms with Gasteiger partial charge in [0, 0.05) is 19.2 Å². The summed E-state index contributed by atoms with van der Waals surface area (Å²) in [6, 6.07) is 6.06. The van der Waals surface area contributed by atoms with Crippen LogP contribution in [-0.4, -0.2) is 43.0 Å². The van der Waals surface area contributed by atoms with Gasteiger partial charge >= 0.3 is 0 Å². The first-order chi connectivity index (χ1) is 14.2. The fraction of sp³-hybridized carbons (Fsp3) is 0.300. The molecule has 0 bridgehead atoms. The van der Waals surface area contributed by atoms with E-state index in [0.717, 1.165) is 5.56 Å². The Kier molecular flexibility index (Phi) is 4.81. The van der Waals surface area contributed by atoms with Crippen LogP contribution in [0.3, 0.4) is 0 Å². The maximum Gasteiger partial charge on any atom is 0.278 e. The normalized spacial score (nSPS) is 15.1. The Labute approximate surface area is 175 Å². The SMILES string of the molecule is CCN1C(=O)c2c(O)c(=O)c(-c3nnc(Cc4ccc(F)cc4)s3)cn2NC1(C)C. The highest BCUT2D eigenvalue weighted by atomic mass is 32.1. The zero-order valence-corrected chi connectivity index (χ0v) is 17.5. The monoisotopic (exact) mass is 429 g/mol. The minimum Gasteiger partial charge on any atom is -0.502 e. The van der Waals surface area contributed by atoms with Gasteiger partial charge in [0.1, 0.15) is 16.5 Å². The van der Waals surface area contributed by atoms with E-state index < -0.39 is 22.7 Å². The predicted molar refractivity (Wildman–Crippen MR) is 111 cm³/mol. The van der Waals surface area contributed by atoms with Crippen LogP contribution < -0.4 is 10.9 Å². The Bertz CT molecular complexity index is 1190. The molecule has 156 valence electrons. The van der Waals surface area contributed by atoms with Crippen LogP contribution in [0.4, 0.5) is 4.39 Å². The smallest absolute Gasteiger partial charge is 0.278 e. The van der Waals surface area contributed by atoms with Crippen LogP contribution in [0.1, 0.15) is 41.8 Å². The number of pyridine rings is 1. The summed E-state index contributed by atoms with van der Waals surface area (Å²) in [6.07, 6.45) is 1.90. The summed E-state index contributed by atoms with van der Waals surface area (Å²) in [7, 11) is 0. The van der Waals surface area contributed by atoms with Gasteiger partial charge in [0.15, 0.2) is 16.5 Å². The quantitative estimate of drug-likeness (QED) is 0.661. The van der Waals surface area contributed by atoms with Gasteiger partial charge in [0.25, 0.3) is 5.91 Å². The zero-order chi connectivity index (χ0) is 21.6. The number of hydrogen-bond donors (Lipinski definition) is 2. The van der Waals surface area contributed by atoms with Crippen LogP contribution in [0.25, 0.3) is 10.6 Å². The van der Waals surface area contributed by atoms with E-state index in [1.54, 1.807) is 12.1 Å². The molecule has 0 radical (unpaired) electrons. The highest BCUT2D eigenvalue weighted by molar-refractivity contribution is 7.14. The van der Waals surface area contributed by atoms with E-state index in [2.05, 4.69) is 15.6 Å². The first-order valence-electron chi connectivity index (χ1n) is 9.37. The van der Waals surface area contributed by atoms with Crippen molar-refractivity contribution in [2.24, 2.45) is 0 Å². The number of hydrogen-bond acceptors (Lipinski definition) is 7. The van der Waals surface area contributed by atoms with Crippen LogP contribution in [-0.2, 0) is 6.42 Å². The molecule has 1 aromatic carbocycles. The van der Waals surface area contributed by atoms with Crippen molar-refractivity contribution in [3.8, 4) is 16.3 Å². The topological polar surface area (TPSA) is 100 Å². The largest absolute Gasteiger partial charge is 0.502 e. The molecule has 2 aromatic heterocycles. The van der Waals surface area contributed by atoms with Crippen LogP contribution in [0.15, 0.2) is 35.3 Å². The number of amides is 1. The second-order valence-electron chi connectivity index (χ2n) is 7.46. The van der Waals surface area contributed by atoms with E-state index >= 15 is 0 Å². The highest BCUT2D eigenvalue weighted by Gasteiger charge is 2.39. The molecule has 10 heteroatoms. The first-order valence-corrected chi connectivity index (χ1v) is 10.2. The molecule has 0 unspecified atom stereocenters. The molecule has 0 saturated carbocycles. The van der Waals surface area contributed by atoms with Gasteiger partial charge in [-0.1, -0.05) is 23.5 Å². The van der Waals surface area contributed by atoms with E-state index in [9.17, 15) is 19.1 Å². The number of halogens is 1. The van der Waals surface area contributed by atoms with Crippen molar-refractivity contribution in [2.45, 2.75) is 32.9 Å². The number of aromatic hydroxyl groups is 1. The summed E-state index contributed by atoms with van der Waals surface area (Å²) in [6.45, 7) is 5.90. The summed E-state index contributed by atoms with van der Waals surface area (Å²) in [4.78, 5) is 27.1. The maximum atomic E-state index is 13.1. The molecule has 30 heavy (non-hydrogen) atoms. The molecular weight excluding hydrogens is 409 g/mol. The third-order valence-corrected chi connectivity index (χ3v) is 5.94. The van der Waals surface area contributed by atoms with Crippen LogP contribution >= 0.6 is 11.3 Å². The van der Waals surface area contributed by atoms with Gasteiger partial charge in [0.05, 0.1) is 5.56 Å². The second kappa shape index (κ2) is 7.21. The number of carbonyl (C=O) groups is 1. The Hall–Kier alpha value is -3.27. The predicted octanol–water partition coefficient (Wildman–Crippen LogP) is 2.56. The number of carbonyl (C=O) groups excluding carboxylic acids is 1. The molecule has 0 aliphatic carbocycles. The average molecular weight is 429 g/mol. The van der Waals surface area contributed by atoms with Crippen LogP contribution in [0.2, 0.25) is 0 Å². The van der Waals surface area contributed by atoms with Crippen molar-refractivity contribution in [2.75, 3.05) is 12.0 Å². The number of benzene rings is 1. The van der Waals surface area contributed by atoms with Gasteiger partial charge in [0.2, 0.25) is 5.43 Å². The van der Waals surface area contributed by atoms with Crippen LogP contribution in [0, 0.1) is 5.82 Å². The van der Waals surface area contributed by atoms with E-state index in [1.165, 1.54) is 39.2 Å². The molecule has 3 heterocycles. The summed E-state index contributed by atoms with van der Waals surface area (Å²) in [5, 5.41) is 19.7.